The van der Waals surface area contributed by atoms with Crippen LogP contribution in [0.1, 0.15) is 52.9 Å². The summed E-state index contributed by atoms with van der Waals surface area (Å²) in [7, 11) is 1.46. The Hall–Kier alpha value is -3.35. The number of aryl methyl sites for hydroxylation is 2. The van der Waals surface area contributed by atoms with Crippen LogP contribution in [0.3, 0.4) is 0 Å². The maximum Gasteiger partial charge on any atom is 0.325 e. The van der Waals surface area contributed by atoms with E-state index in [2.05, 4.69) is 22.8 Å². The highest BCUT2D eigenvalue weighted by Crippen LogP contribution is 2.24. The first-order valence-corrected chi connectivity index (χ1v) is 10.5. The molecular formula is C24H28N2O5. The van der Waals surface area contributed by atoms with Gasteiger partial charge in [-0.15, -0.1) is 0 Å². The van der Waals surface area contributed by atoms with Crippen molar-refractivity contribution in [3.05, 3.63) is 64.7 Å². The number of benzene rings is 2. The Labute approximate surface area is 182 Å². The minimum Gasteiger partial charge on any atom is -0.496 e. The summed E-state index contributed by atoms with van der Waals surface area (Å²) < 4.78 is 10.1. The van der Waals surface area contributed by atoms with E-state index < -0.39 is 24.4 Å². The number of esters is 1. The molecule has 0 spiro atoms. The molecular weight excluding hydrogens is 396 g/mol. The molecule has 7 nitrogen and oxygen atoms in total. The maximum absolute atomic E-state index is 12.2. The number of rotatable bonds is 8. The number of hydrogen-bond donors (Lipinski definition) is 2. The lowest BCUT2D eigenvalue weighted by molar-refractivity contribution is -0.147. The van der Waals surface area contributed by atoms with Gasteiger partial charge in [-0.1, -0.05) is 30.3 Å². The smallest absolute Gasteiger partial charge is 0.325 e. The molecule has 2 amide bonds. The molecule has 164 valence electrons. The third-order valence-electron chi connectivity index (χ3n) is 5.36. The molecule has 2 aromatic carbocycles. The number of ether oxygens (including phenoxy) is 2. The van der Waals surface area contributed by atoms with Crippen LogP contribution in [0.4, 0.5) is 0 Å². The van der Waals surface area contributed by atoms with E-state index in [0.29, 0.717) is 11.3 Å². The van der Waals surface area contributed by atoms with Gasteiger partial charge in [0.2, 0.25) is 0 Å². The number of nitrogens with one attached hydrogen (secondary N) is 2. The van der Waals surface area contributed by atoms with Gasteiger partial charge in [-0.25, -0.2) is 0 Å². The van der Waals surface area contributed by atoms with Crippen LogP contribution in [-0.4, -0.2) is 38.0 Å². The topological polar surface area (TPSA) is 93.7 Å². The molecule has 0 fully saturated rings. The largest absolute Gasteiger partial charge is 0.496 e. The highest BCUT2D eigenvalue weighted by molar-refractivity contribution is 5.98. The molecule has 0 unspecified atom stereocenters. The second-order valence-electron chi connectivity index (χ2n) is 7.57. The number of fused-ring (bicyclic) bond motifs is 1. The van der Waals surface area contributed by atoms with Gasteiger partial charge in [-0.05, 0) is 61.4 Å². The normalized spacial score (nSPS) is 13.5. The summed E-state index contributed by atoms with van der Waals surface area (Å²) in [6.07, 6.45) is 4.60. The van der Waals surface area contributed by atoms with Crippen LogP contribution in [0.15, 0.2) is 42.5 Å². The average molecular weight is 424 g/mol. The summed E-state index contributed by atoms with van der Waals surface area (Å²) in [5, 5.41) is 5.31. The molecule has 2 N–H and O–H groups in total. The van der Waals surface area contributed by atoms with Gasteiger partial charge in [-0.3, -0.25) is 14.4 Å². The minimum absolute atomic E-state index is 0.191. The average Bonchev–Trinajstić information content (AvgIpc) is 2.80. The van der Waals surface area contributed by atoms with Gasteiger partial charge in [0.15, 0.2) is 6.61 Å². The molecule has 0 saturated heterocycles. The second-order valence-corrected chi connectivity index (χ2v) is 7.57. The number of carbonyl (C=O) groups excluding carboxylic acids is 3. The van der Waals surface area contributed by atoms with Crippen LogP contribution in [0.5, 0.6) is 5.75 Å². The SMILES string of the molecule is COc1ccccc1C(=O)NCC(=O)OCC(=O)N[C@H](C)c1ccc2c(c1)CCCC2. The van der Waals surface area contributed by atoms with Gasteiger partial charge < -0.3 is 20.1 Å². The number of para-hydroxylation sites is 1. The van der Waals surface area contributed by atoms with Gasteiger partial charge >= 0.3 is 5.97 Å². The van der Waals surface area contributed by atoms with E-state index in [0.717, 1.165) is 18.4 Å². The maximum atomic E-state index is 12.2. The van der Waals surface area contributed by atoms with E-state index in [-0.39, 0.29) is 12.6 Å². The summed E-state index contributed by atoms with van der Waals surface area (Å²) in [6.45, 7) is 1.15. The molecule has 2 aromatic rings. The predicted molar refractivity (Wildman–Crippen MR) is 116 cm³/mol. The quantitative estimate of drug-likeness (QED) is 0.636. The number of carbonyl (C=O) groups is 3. The fraction of sp³-hybridized carbons (Fsp3) is 0.375. The summed E-state index contributed by atoms with van der Waals surface area (Å²) in [5.74, 6) is -1.14. The Balaban J connectivity index is 1.43. The predicted octanol–water partition coefficient (Wildman–Crippen LogP) is 2.72. The number of amides is 2. The molecule has 1 aliphatic carbocycles. The first kappa shape index (κ1) is 22.3. The first-order chi connectivity index (χ1) is 15.0. The van der Waals surface area contributed by atoms with Crippen LogP contribution in [0, 0.1) is 0 Å². The van der Waals surface area contributed by atoms with Crippen molar-refractivity contribution in [2.24, 2.45) is 0 Å². The van der Waals surface area contributed by atoms with Crippen molar-refractivity contribution in [1.29, 1.82) is 0 Å². The van der Waals surface area contributed by atoms with Crippen molar-refractivity contribution in [1.82, 2.24) is 10.6 Å². The van der Waals surface area contributed by atoms with Gasteiger partial charge in [0.1, 0.15) is 12.3 Å². The molecule has 0 aliphatic heterocycles. The molecule has 0 heterocycles. The lowest BCUT2D eigenvalue weighted by Gasteiger charge is -2.20. The summed E-state index contributed by atoms with van der Waals surface area (Å²) >= 11 is 0. The summed E-state index contributed by atoms with van der Waals surface area (Å²) in [4.78, 5) is 36.3. The van der Waals surface area contributed by atoms with Crippen LogP contribution >= 0.6 is 0 Å². The van der Waals surface area contributed by atoms with Gasteiger partial charge in [0.25, 0.3) is 11.8 Å². The van der Waals surface area contributed by atoms with Gasteiger partial charge in [-0.2, -0.15) is 0 Å². The van der Waals surface area contributed by atoms with Crippen LogP contribution in [-0.2, 0) is 27.2 Å². The monoisotopic (exact) mass is 424 g/mol. The lowest BCUT2D eigenvalue weighted by Crippen LogP contribution is -2.35. The Morgan fingerprint density at radius 1 is 1.03 bits per heavy atom. The van der Waals surface area contributed by atoms with E-state index in [4.69, 9.17) is 9.47 Å². The van der Waals surface area contributed by atoms with Crippen LogP contribution in [0.25, 0.3) is 0 Å². The Morgan fingerprint density at radius 3 is 2.55 bits per heavy atom. The highest BCUT2D eigenvalue weighted by Gasteiger charge is 2.16. The zero-order valence-corrected chi connectivity index (χ0v) is 17.9. The summed E-state index contributed by atoms with van der Waals surface area (Å²) in [5.41, 5.74) is 4.08. The molecule has 31 heavy (non-hydrogen) atoms. The fourth-order valence-electron chi connectivity index (χ4n) is 3.67. The molecule has 0 saturated carbocycles. The second kappa shape index (κ2) is 10.6. The molecule has 0 radical (unpaired) electrons. The fourth-order valence-corrected chi connectivity index (χ4v) is 3.67. The summed E-state index contributed by atoms with van der Waals surface area (Å²) in [6, 6.07) is 12.8. The molecule has 3 rings (SSSR count). The van der Waals surface area contributed by atoms with E-state index in [1.807, 2.05) is 13.0 Å². The van der Waals surface area contributed by atoms with Gasteiger partial charge in [0.05, 0.1) is 18.7 Å². The molecule has 0 bridgehead atoms. The lowest BCUT2D eigenvalue weighted by atomic mass is 9.89. The van der Waals surface area contributed by atoms with Crippen molar-refractivity contribution in [3.63, 3.8) is 0 Å². The molecule has 7 heteroatoms. The van der Waals surface area contributed by atoms with Crippen molar-refractivity contribution < 1.29 is 23.9 Å². The van der Waals surface area contributed by atoms with Crippen LogP contribution in [0.2, 0.25) is 0 Å². The molecule has 1 atom stereocenters. The zero-order valence-electron chi connectivity index (χ0n) is 17.9. The standard InChI is InChI=1S/C24H28N2O5/c1-16(18-12-11-17-7-3-4-8-19(17)13-18)26-22(27)15-31-23(28)14-25-24(29)20-9-5-6-10-21(20)30-2/h5-6,9-13,16H,3-4,7-8,14-15H2,1-2H3,(H,25,29)(H,26,27)/t16-/m1/s1. The van der Waals surface area contributed by atoms with Crippen molar-refractivity contribution in [3.8, 4) is 5.75 Å². The zero-order chi connectivity index (χ0) is 22.2. The van der Waals surface area contributed by atoms with Crippen LogP contribution < -0.4 is 15.4 Å². The van der Waals surface area contributed by atoms with E-state index in [1.54, 1.807) is 24.3 Å². The Morgan fingerprint density at radius 2 is 1.77 bits per heavy atom. The van der Waals surface area contributed by atoms with Gasteiger partial charge in [0, 0.05) is 0 Å². The minimum atomic E-state index is -0.695. The van der Waals surface area contributed by atoms with Crippen molar-refractivity contribution >= 4 is 17.8 Å². The number of methoxy groups -OCH3 is 1. The Bertz CT molecular complexity index is 957. The third kappa shape index (κ3) is 6.07. The molecule has 1 aliphatic rings. The van der Waals surface area contributed by atoms with Crippen molar-refractivity contribution in [2.45, 2.75) is 38.6 Å². The van der Waals surface area contributed by atoms with E-state index in [9.17, 15) is 14.4 Å². The third-order valence-corrected chi connectivity index (χ3v) is 5.36. The van der Waals surface area contributed by atoms with E-state index in [1.165, 1.54) is 31.1 Å². The first-order valence-electron chi connectivity index (χ1n) is 10.5. The van der Waals surface area contributed by atoms with Crippen molar-refractivity contribution in [2.75, 3.05) is 20.3 Å². The number of hydrogen-bond acceptors (Lipinski definition) is 5. The van der Waals surface area contributed by atoms with E-state index >= 15 is 0 Å². The Kier molecular flexibility index (Phi) is 7.65. The highest BCUT2D eigenvalue weighted by atomic mass is 16.5. The molecule has 0 aromatic heterocycles.